The van der Waals surface area contributed by atoms with Crippen molar-refractivity contribution in [3.63, 3.8) is 0 Å². The van der Waals surface area contributed by atoms with Crippen molar-refractivity contribution in [1.82, 2.24) is 4.98 Å². The topological polar surface area (TPSA) is 85.4 Å². The van der Waals surface area contributed by atoms with E-state index in [0.29, 0.717) is 23.7 Å². The van der Waals surface area contributed by atoms with Gasteiger partial charge in [-0.3, -0.25) is 4.79 Å². The minimum Gasteiger partial charge on any atom is -0.481 e. The molecule has 1 rings (SSSR count). The third kappa shape index (κ3) is 2.62. The van der Waals surface area contributed by atoms with Gasteiger partial charge in [-0.25, -0.2) is 4.98 Å². The summed E-state index contributed by atoms with van der Waals surface area (Å²) >= 11 is 0. The van der Waals surface area contributed by atoms with Crippen molar-refractivity contribution < 1.29 is 14.6 Å². The molecule has 76 valence electrons. The van der Waals surface area contributed by atoms with E-state index in [1.165, 1.54) is 7.11 Å². The van der Waals surface area contributed by atoms with Crippen molar-refractivity contribution >= 4 is 11.7 Å². The number of nitrogen functional groups attached to an aromatic ring is 1. The van der Waals surface area contributed by atoms with Crippen molar-refractivity contribution in [1.29, 1.82) is 0 Å². The zero-order chi connectivity index (χ0) is 10.6. The molecule has 5 nitrogen and oxygen atoms in total. The molecule has 0 saturated heterocycles. The van der Waals surface area contributed by atoms with Crippen molar-refractivity contribution in [3.05, 3.63) is 17.8 Å². The summed E-state index contributed by atoms with van der Waals surface area (Å²) in [5.41, 5.74) is 6.67. The first kappa shape index (κ1) is 10.3. The Hall–Kier alpha value is -1.78. The Kier molecular flexibility index (Phi) is 3.28. The molecule has 0 radical (unpaired) electrons. The normalized spacial score (nSPS) is 9.79. The summed E-state index contributed by atoms with van der Waals surface area (Å²) in [6, 6.07) is 3.29. The minimum absolute atomic E-state index is 0.0182. The molecule has 0 bridgehead atoms. The number of methoxy groups -OCH3 is 1. The highest BCUT2D eigenvalue weighted by Gasteiger charge is 2.05. The van der Waals surface area contributed by atoms with E-state index >= 15 is 0 Å². The van der Waals surface area contributed by atoms with Gasteiger partial charge in [-0.05, 0) is 6.07 Å². The Balaban J connectivity index is 2.78. The zero-order valence-corrected chi connectivity index (χ0v) is 7.86. The van der Waals surface area contributed by atoms with E-state index in [-0.39, 0.29) is 6.42 Å². The lowest BCUT2D eigenvalue weighted by Gasteiger charge is -2.05. The lowest BCUT2D eigenvalue weighted by Crippen LogP contribution is -2.03. The van der Waals surface area contributed by atoms with Crippen molar-refractivity contribution in [3.8, 4) is 5.88 Å². The molecule has 0 amide bonds. The van der Waals surface area contributed by atoms with E-state index in [1.54, 1.807) is 12.1 Å². The molecular weight excluding hydrogens is 184 g/mol. The fraction of sp³-hybridized carbons (Fsp3) is 0.333. The Morgan fingerprint density at radius 3 is 2.93 bits per heavy atom. The lowest BCUT2D eigenvalue weighted by atomic mass is 10.2. The molecule has 0 unspecified atom stereocenters. The Morgan fingerprint density at radius 2 is 2.36 bits per heavy atom. The van der Waals surface area contributed by atoms with Crippen LogP contribution in [0, 0.1) is 0 Å². The number of carbonyl (C=O) groups is 1. The van der Waals surface area contributed by atoms with E-state index in [1.807, 2.05) is 0 Å². The standard InChI is InChI=1S/C9H12N2O3/c1-14-8-4-2-6(10)7(11-8)3-5-9(12)13/h2,4H,3,5,10H2,1H3,(H,12,13). The summed E-state index contributed by atoms with van der Waals surface area (Å²) in [6.45, 7) is 0. The van der Waals surface area contributed by atoms with E-state index in [0.717, 1.165) is 0 Å². The zero-order valence-electron chi connectivity index (χ0n) is 7.86. The van der Waals surface area contributed by atoms with Gasteiger partial charge in [-0.15, -0.1) is 0 Å². The highest BCUT2D eigenvalue weighted by molar-refractivity contribution is 5.67. The second kappa shape index (κ2) is 4.45. The fourth-order valence-corrected chi connectivity index (χ4v) is 1.03. The Bertz CT molecular complexity index is 339. The summed E-state index contributed by atoms with van der Waals surface area (Å²) < 4.78 is 4.90. The number of nitrogens with two attached hydrogens (primary N) is 1. The molecule has 0 fully saturated rings. The highest BCUT2D eigenvalue weighted by atomic mass is 16.5. The maximum absolute atomic E-state index is 10.3. The molecule has 0 saturated carbocycles. The molecule has 0 atom stereocenters. The summed E-state index contributed by atoms with van der Waals surface area (Å²) in [6.07, 6.45) is 0.336. The summed E-state index contributed by atoms with van der Waals surface area (Å²) in [5, 5.41) is 8.49. The van der Waals surface area contributed by atoms with Crippen molar-refractivity contribution in [2.45, 2.75) is 12.8 Å². The van der Waals surface area contributed by atoms with Gasteiger partial charge in [-0.1, -0.05) is 0 Å². The van der Waals surface area contributed by atoms with E-state index < -0.39 is 5.97 Å². The number of nitrogens with zero attached hydrogens (tertiary/aromatic N) is 1. The summed E-state index contributed by atoms with van der Waals surface area (Å²) in [5.74, 6) is -0.423. The van der Waals surface area contributed by atoms with Crippen LogP contribution in [-0.2, 0) is 11.2 Å². The van der Waals surface area contributed by atoms with Crippen molar-refractivity contribution in [2.75, 3.05) is 12.8 Å². The fourth-order valence-electron chi connectivity index (χ4n) is 1.03. The maximum Gasteiger partial charge on any atom is 0.303 e. The van der Waals surface area contributed by atoms with Gasteiger partial charge in [0.25, 0.3) is 0 Å². The number of aryl methyl sites for hydroxylation is 1. The van der Waals surface area contributed by atoms with Gasteiger partial charge in [-0.2, -0.15) is 0 Å². The molecule has 0 aliphatic heterocycles. The molecule has 0 aliphatic rings. The van der Waals surface area contributed by atoms with Crippen molar-refractivity contribution in [2.24, 2.45) is 0 Å². The number of hydrogen-bond donors (Lipinski definition) is 2. The molecule has 5 heteroatoms. The van der Waals surface area contributed by atoms with Crippen LogP contribution in [0.15, 0.2) is 12.1 Å². The Labute approximate surface area is 81.5 Å². The molecule has 14 heavy (non-hydrogen) atoms. The Morgan fingerprint density at radius 1 is 1.64 bits per heavy atom. The van der Waals surface area contributed by atoms with Crippen LogP contribution in [0.1, 0.15) is 12.1 Å². The predicted molar refractivity (Wildman–Crippen MR) is 51.2 cm³/mol. The van der Waals surface area contributed by atoms with E-state index in [2.05, 4.69) is 4.98 Å². The van der Waals surface area contributed by atoms with Gasteiger partial charge < -0.3 is 15.6 Å². The first-order valence-corrected chi connectivity index (χ1v) is 4.14. The first-order chi connectivity index (χ1) is 6.63. The molecule has 1 aromatic heterocycles. The summed E-state index contributed by atoms with van der Waals surface area (Å²) in [7, 11) is 1.50. The average molecular weight is 196 g/mol. The van der Waals surface area contributed by atoms with Gasteiger partial charge >= 0.3 is 5.97 Å². The molecule has 1 heterocycles. The maximum atomic E-state index is 10.3. The van der Waals surface area contributed by atoms with Crippen LogP contribution in [0.2, 0.25) is 0 Å². The number of pyridine rings is 1. The van der Waals surface area contributed by atoms with Crippen LogP contribution < -0.4 is 10.5 Å². The molecular formula is C9H12N2O3. The smallest absolute Gasteiger partial charge is 0.303 e. The lowest BCUT2D eigenvalue weighted by molar-refractivity contribution is -0.136. The van der Waals surface area contributed by atoms with E-state index in [9.17, 15) is 4.79 Å². The number of ether oxygens (including phenoxy) is 1. The SMILES string of the molecule is COc1ccc(N)c(CCC(=O)O)n1. The molecule has 0 aliphatic carbocycles. The predicted octanol–water partition coefficient (Wildman–Crippen LogP) is 0.690. The quantitative estimate of drug-likeness (QED) is 0.739. The van der Waals surface area contributed by atoms with Crippen LogP contribution >= 0.6 is 0 Å². The van der Waals surface area contributed by atoms with Gasteiger partial charge in [0.2, 0.25) is 5.88 Å². The largest absolute Gasteiger partial charge is 0.481 e. The van der Waals surface area contributed by atoms with Gasteiger partial charge in [0.1, 0.15) is 0 Å². The third-order valence-corrected chi connectivity index (χ3v) is 1.77. The number of carboxylic acid groups (broad SMARTS) is 1. The van der Waals surface area contributed by atoms with Gasteiger partial charge in [0.05, 0.1) is 24.9 Å². The second-order valence-corrected chi connectivity index (χ2v) is 2.78. The number of rotatable bonds is 4. The molecule has 0 aromatic carbocycles. The minimum atomic E-state index is -0.867. The first-order valence-electron chi connectivity index (χ1n) is 4.14. The van der Waals surface area contributed by atoms with Crippen LogP contribution in [0.3, 0.4) is 0 Å². The monoisotopic (exact) mass is 196 g/mol. The number of anilines is 1. The number of hydrogen-bond acceptors (Lipinski definition) is 4. The second-order valence-electron chi connectivity index (χ2n) is 2.78. The molecule has 1 aromatic rings. The van der Waals surface area contributed by atoms with Crippen LogP contribution in [0.5, 0.6) is 5.88 Å². The van der Waals surface area contributed by atoms with Crippen LogP contribution in [0.4, 0.5) is 5.69 Å². The highest BCUT2D eigenvalue weighted by Crippen LogP contribution is 2.15. The van der Waals surface area contributed by atoms with Gasteiger partial charge in [0, 0.05) is 12.5 Å². The number of aliphatic carboxylic acids is 1. The third-order valence-electron chi connectivity index (χ3n) is 1.77. The average Bonchev–Trinajstić information content (AvgIpc) is 2.16. The van der Waals surface area contributed by atoms with E-state index in [4.69, 9.17) is 15.6 Å². The number of aromatic nitrogens is 1. The van der Waals surface area contributed by atoms with Crippen LogP contribution in [0.25, 0.3) is 0 Å². The summed E-state index contributed by atoms with van der Waals surface area (Å²) in [4.78, 5) is 14.4. The molecule has 3 N–H and O–H groups in total. The molecule has 0 spiro atoms. The number of carboxylic acids is 1. The van der Waals surface area contributed by atoms with Gasteiger partial charge in [0.15, 0.2) is 0 Å². The van der Waals surface area contributed by atoms with Crippen LogP contribution in [-0.4, -0.2) is 23.2 Å².